The normalized spacial score (nSPS) is 16.7. The van der Waals surface area contributed by atoms with Gasteiger partial charge in [0.15, 0.2) is 11.6 Å². The van der Waals surface area contributed by atoms with Gasteiger partial charge in [-0.1, -0.05) is 19.3 Å². The van der Waals surface area contributed by atoms with E-state index in [0.29, 0.717) is 0 Å². The van der Waals surface area contributed by atoms with Gasteiger partial charge < -0.3 is 5.32 Å². The maximum absolute atomic E-state index is 13.0. The number of hydrogen-bond donors (Lipinski definition) is 1. The third-order valence-corrected chi connectivity index (χ3v) is 4.59. The van der Waals surface area contributed by atoms with Crippen LogP contribution in [0.3, 0.4) is 0 Å². The van der Waals surface area contributed by atoms with Gasteiger partial charge in [0.05, 0.1) is 0 Å². The molecule has 1 aromatic rings. The highest BCUT2D eigenvalue weighted by molar-refractivity contribution is 7.99. The molecule has 0 aromatic heterocycles. The summed E-state index contributed by atoms with van der Waals surface area (Å²) in [6.45, 7) is 2.01. The molecule has 0 heterocycles. The quantitative estimate of drug-likeness (QED) is 0.620. The van der Waals surface area contributed by atoms with Gasteiger partial charge in [0, 0.05) is 17.2 Å². The summed E-state index contributed by atoms with van der Waals surface area (Å²) in [7, 11) is 0. The predicted octanol–water partition coefficient (Wildman–Crippen LogP) is 4.23. The Morgan fingerprint density at radius 3 is 2.63 bits per heavy atom. The second kappa shape index (κ2) is 7.85. The number of thioether (sulfide) groups is 1. The van der Waals surface area contributed by atoms with E-state index >= 15 is 0 Å². The first-order chi connectivity index (χ1) is 9.25. The molecule has 1 nitrogen and oxygen atoms in total. The van der Waals surface area contributed by atoms with Crippen molar-refractivity contribution in [2.75, 3.05) is 18.8 Å². The largest absolute Gasteiger partial charge is 0.316 e. The summed E-state index contributed by atoms with van der Waals surface area (Å²) in [6.07, 6.45) is 6.83. The molecule has 0 atom stereocenters. The zero-order valence-electron chi connectivity index (χ0n) is 11.1. The number of hydrogen-bond acceptors (Lipinski definition) is 2. The molecule has 1 fully saturated rings. The molecule has 4 heteroatoms. The van der Waals surface area contributed by atoms with Crippen molar-refractivity contribution in [1.29, 1.82) is 0 Å². The van der Waals surface area contributed by atoms with E-state index < -0.39 is 11.6 Å². The minimum Gasteiger partial charge on any atom is -0.316 e. The van der Waals surface area contributed by atoms with Crippen LogP contribution in [0.25, 0.3) is 0 Å². The molecule has 1 aliphatic rings. The van der Waals surface area contributed by atoms with Crippen LogP contribution in [0.1, 0.15) is 32.1 Å². The van der Waals surface area contributed by atoms with E-state index in [2.05, 4.69) is 5.32 Å². The van der Waals surface area contributed by atoms with Crippen molar-refractivity contribution in [3.63, 3.8) is 0 Å². The number of halogens is 2. The van der Waals surface area contributed by atoms with Gasteiger partial charge in [-0.15, -0.1) is 11.8 Å². The van der Waals surface area contributed by atoms with Crippen molar-refractivity contribution >= 4 is 11.8 Å². The summed E-state index contributed by atoms with van der Waals surface area (Å²) in [4.78, 5) is 0.790. The molecule has 0 spiro atoms. The summed E-state index contributed by atoms with van der Waals surface area (Å²) in [5, 5.41) is 3.46. The molecule has 0 aliphatic heterocycles. The van der Waals surface area contributed by atoms with Crippen molar-refractivity contribution < 1.29 is 8.78 Å². The maximum atomic E-state index is 13.0. The Hall–Kier alpha value is -0.610. The van der Waals surface area contributed by atoms with Gasteiger partial charge >= 0.3 is 0 Å². The van der Waals surface area contributed by atoms with Gasteiger partial charge in [0.2, 0.25) is 0 Å². The smallest absolute Gasteiger partial charge is 0.159 e. The van der Waals surface area contributed by atoms with Crippen LogP contribution in [0.15, 0.2) is 23.1 Å². The zero-order chi connectivity index (χ0) is 13.5. The lowest BCUT2D eigenvalue weighted by atomic mass is 9.89. The van der Waals surface area contributed by atoms with Crippen LogP contribution >= 0.6 is 11.8 Å². The van der Waals surface area contributed by atoms with Crippen LogP contribution in [0, 0.1) is 17.6 Å². The Morgan fingerprint density at radius 1 is 1.11 bits per heavy atom. The molecule has 1 N–H and O–H groups in total. The van der Waals surface area contributed by atoms with Crippen molar-refractivity contribution in [1.82, 2.24) is 5.32 Å². The summed E-state index contributed by atoms with van der Waals surface area (Å²) in [5.41, 5.74) is 0. The highest BCUT2D eigenvalue weighted by atomic mass is 32.2. The average Bonchev–Trinajstić information content (AvgIpc) is 2.43. The molecule has 1 aromatic carbocycles. The molecule has 2 rings (SSSR count). The highest BCUT2D eigenvalue weighted by Crippen LogP contribution is 2.23. The van der Waals surface area contributed by atoms with Crippen molar-refractivity contribution in [3.8, 4) is 0 Å². The fraction of sp³-hybridized carbons (Fsp3) is 0.600. The SMILES string of the molecule is Fc1ccc(SCCNCC2CCCCC2)cc1F. The lowest BCUT2D eigenvalue weighted by Crippen LogP contribution is -2.26. The first-order valence-electron chi connectivity index (χ1n) is 7.04. The van der Waals surface area contributed by atoms with Crippen molar-refractivity contribution in [3.05, 3.63) is 29.8 Å². The molecule has 106 valence electrons. The lowest BCUT2D eigenvalue weighted by molar-refractivity contribution is 0.345. The average molecular weight is 285 g/mol. The van der Waals surface area contributed by atoms with Crippen LogP contribution in [0.2, 0.25) is 0 Å². The van der Waals surface area contributed by atoms with E-state index in [-0.39, 0.29) is 0 Å². The Labute approximate surface area is 118 Å². The second-order valence-electron chi connectivity index (χ2n) is 5.13. The standard InChI is InChI=1S/C15H21F2NS/c16-14-7-6-13(10-15(14)17)19-9-8-18-11-12-4-2-1-3-5-12/h6-7,10,12,18H,1-5,8-9,11H2. The van der Waals surface area contributed by atoms with Crippen LogP contribution in [-0.4, -0.2) is 18.8 Å². The minimum atomic E-state index is -0.778. The molecule has 0 saturated heterocycles. The third kappa shape index (κ3) is 5.11. The maximum Gasteiger partial charge on any atom is 0.159 e. The second-order valence-corrected chi connectivity index (χ2v) is 6.30. The molecule has 0 amide bonds. The molecular formula is C15H21F2NS. The van der Waals surface area contributed by atoms with Crippen LogP contribution < -0.4 is 5.32 Å². The Morgan fingerprint density at radius 2 is 1.89 bits per heavy atom. The van der Waals surface area contributed by atoms with Crippen molar-refractivity contribution in [2.45, 2.75) is 37.0 Å². The number of nitrogens with one attached hydrogen (secondary N) is 1. The summed E-state index contributed by atoms with van der Waals surface area (Å²) in [6, 6.07) is 4.08. The minimum absolute atomic E-state index is 0.764. The van der Waals surface area contributed by atoms with Gasteiger partial charge in [-0.05, 0) is 43.5 Å². The lowest BCUT2D eigenvalue weighted by Gasteiger charge is -2.21. The van der Waals surface area contributed by atoms with Gasteiger partial charge in [0.1, 0.15) is 0 Å². The molecule has 1 saturated carbocycles. The highest BCUT2D eigenvalue weighted by Gasteiger charge is 2.12. The number of benzene rings is 1. The number of rotatable bonds is 6. The van der Waals surface area contributed by atoms with Gasteiger partial charge in [-0.3, -0.25) is 0 Å². The van der Waals surface area contributed by atoms with E-state index in [4.69, 9.17) is 0 Å². The summed E-state index contributed by atoms with van der Waals surface area (Å²) < 4.78 is 25.7. The Bertz CT molecular complexity index is 392. The summed E-state index contributed by atoms with van der Waals surface area (Å²) >= 11 is 1.56. The van der Waals surface area contributed by atoms with E-state index in [0.717, 1.165) is 29.7 Å². The van der Waals surface area contributed by atoms with E-state index in [1.807, 2.05) is 0 Å². The molecule has 0 unspecified atom stereocenters. The Kier molecular flexibility index (Phi) is 6.11. The van der Waals surface area contributed by atoms with E-state index in [9.17, 15) is 8.78 Å². The molecule has 19 heavy (non-hydrogen) atoms. The first kappa shape index (κ1) is 14.8. The van der Waals surface area contributed by atoms with E-state index in [1.165, 1.54) is 44.2 Å². The first-order valence-corrected chi connectivity index (χ1v) is 8.03. The predicted molar refractivity (Wildman–Crippen MR) is 76.5 cm³/mol. The van der Waals surface area contributed by atoms with Gasteiger partial charge in [0.25, 0.3) is 0 Å². The third-order valence-electron chi connectivity index (χ3n) is 3.60. The van der Waals surface area contributed by atoms with Crippen molar-refractivity contribution in [2.24, 2.45) is 5.92 Å². The monoisotopic (exact) mass is 285 g/mol. The topological polar surface area (TPSA) is 12.0 Å². The van der Waals surface area contributed by atoms with Gasteiger partial charge in [-0.2, -0.15) is 0 Å². The van der Waals surface area contributed by atoms with Crippen LogP contribution in [0.5, 0.6) is 0 Å². The fourth-order valence-electron chi connectivity index (χ4n) is 2.51. The molecule has 0 radical (unpaired) electrons. The zero-order valence-corrected chi connectivity index (χ0v) is 11.9. The Balaban J connectivity index is 1.59. The molecular weight excluding hydrogens is 264 g/mol. The molecule has 0 bridgehead atoms. The van der Waals surface area contributed by atoms with Gasteiger partial charge in [-0.25, -0.2) is 8.78 Å². The fourth-order valence-corrected chi connectivity index (χ4v) is 3.34. The summed E-state index contributed by atoms with van der Waals surface area (Å²) in [5.74, 6) is 0.180. The van der Waals surface area contributed by atoms with Crippen LogP contribution in [-0.2, 0) is 0 Å². The van der Waals surface area contributed by atoms with Crippen LogP contribution in [0.4, 0.5) is 8.78 Å². The van der Waals surface area contributed by atoms with E-state index in [1.54, 1.807) is 17.8 Å². The molecule has 1 aliphatic carbocycles.